The highest BCUT2D eigenvalue weighted by Gasteiger charge is 2.18. The minimum absolute atomic E-state index is 0.114. The Morgan fingerprint density at radius 3 is 2.82 bits per heavy atom. The third-order valence-corrected chi connectivity index (χ3v) is 3.82. The molecule has 1 aromatic carbocycles. The van der Waals surface area contributed by atoms with Crippen molar-refractivity contribution < 1.29 is 19.1 Å². The molecule has 0 bridgehead atoms. The van der Waals surface area contributed by atoms with Gasteiger partial charge in [-0.25, -0.2) is 10.9 Å². The smallest absolute Gasteiger partial charge is 0.237 e. The number of anilines is 1. The van der Waals surface area contributed by atoms with Crippen LogP contribution >= 0.6 is 11.8 Å². The normalized spacial score (nSPS) is 17.5. The molecule has 1 unspecified atom stereocenters. The highest BCUT2D eigenvalue weighted by atomic mass is 32.2. The van der Waals surface area contributed by atoms with E-state index in [0.717, 1.165) is 0 Å². The number of nitrogens with one attached hydrogen (secondary N) is 4. The first-order chi connectivity index (χ1) is 10.6. The van der Waals surface area contributed by atoms with Gasteiger partial charge in [0.05, 0.1) is 26.5 Å². The average molecular weight is 326 g/mol. The molecule has 1 heterocycles. The molecule has 1 atom stereocenters. The van der Waals surface area contributed by atoms with Crippen molar-refractivity contribution in [3.8, 4) is 11.5 Å². The Morgan fingerprint density at radius 2 is 2.14 bits per heavy atom. The fourth-order valence-corrected chi connectivity index (χ4v) is 2.58. The Kier molecular flexibility index (Phi) is 5.87. The topological polar surface area (TPSA) is 101 Å². The monoisotopic (exact) mass is 326 g/mol. The van der Waals surface area contributed by atoms with Gasteiger partial charge in [-0.15, -0.1) is 11.8 Å². The number of methoxy groups -OCH3 is 2. The molecule has 2 amide bonds. The van der Waals surface area contributed by atoms with E-state index in [1.165, 1.54) is 18.9 Å². The quantitative estimate of drug-likeness (QED) is 0.578. The molecule has 1 fully saturated rings. The van der Waals surface area contributed by atoms with Gasteiger partial charge in [-0.05, 0) is 12.1 Å². The lowest BCUT2D eigenvalue weighted by Gasteiger charge is -2.24. The molecule has 1 aliphatic heterocycles. The van der Waals surface area contributed by atoms with Crippen LogP contribution in [0.3, 0.4) is 0 Å². The summed E-state index contributed by atoms with van der Waals surface area (Å²) in [6.07, 6.45) is 0. The van der Waals surface area contributed by atoms with E-state index in [-0.39, 0.29) is 29.6 Å². The highest BCUT2D eigenvalue weighted by Crippen LogP contribution is 2.29. The zero-order chi connectivity index (χ0) is 15.9. The first kappa shape index (κ1) is 16.4. The Balaban J connectivity index is 1.85. The van der Waals surface area contributed by atoms with E-state index in [0.29, 0.717) is 17.2 Å². The van der Waals surface area contributed by atoms with E-state index < -0.39 is 0 Å². The van der Waals surface area contributed by atoms with Crippen LogP contribution < -0.4 is 31.0 Å². The molecule has 1 aliphatic rings. The predicted molar refractivity (Wildman–Crippen MR) is 83.7 cm³/mol. The molecule has 1 aromatic rings. The van der Waals surface area contributed by atoms with Crippen molar-refractivity contribution in [2.75, 3.05) is 31.8 Å². The van der Waals surface area contributed by atoms with Crippen LogP contribution in [0.1, 0.15) is 0 Å². The van der Waals surface area contributed by atoms with Crippen LogP contribution in [0.25, 0.3) is 0 Å². The minimum atomic E-state index is -0.336. The van der Waals surface area contributed by atoms with Crippen molar-refractivity contribution in [2.45, 2.75) is 5.50 Å². The van der Waals surface area contributed by atoms with Crippen LogP contribution in [0.15, 0.2) is 18.2 Å². The van der Waals surface area contributed by atoms with Gasteiger partial charge in [0.25, 0.3) is 0 Å². The maximum absolute atomic E-state index is 11.9. The van der Waals surface area contributed by atoms with Crippen LogP contribution in [0, 0.1) is 0 Å². The number of amides is 2. The first-order valence-electron chi connectivity index (χ1n) is 6.53. The molecule has 0 saturated carbocycles. The maximum Gasteiger partial charge on any atom is 0.237 e. The van der Waals surface area contributed by atoms with E-state index in [4.69, 9.17) is 9.47 Å². The number of ether oxygens (including phenoxy) is 2. The summed E-state index contributed by atoms with van der Waals surface area (Å²) in [5.41, 5.74) is 5.88. The first-order valence-corrected chi connectivity index (χ1v) is 7.58. The number of benzene rings is 1. The lowest BCUT2D eigenvalue weighted by atomic mass is 10.2. The fourth-order valence-electron chi connectivity index (χ4n) is 1.81. The van der Waals surface area contributed by atoms with Crippen LogP contribution in [0.5, 0.6) is 11.5 Å². The summed E-state index contributed by atoms with van der Waals surface area (Å²) in [6, 6.07) is 5.13. The molecule has 1 saturated heterocycles. The van der Waals surface area contributed by atoms with Crippen molar-refractivity contribution in [2.24, 2.45) is 0 Å². The van der Waals surface area contributed by atoms with E-state index in [9.17, 15) is 9.59 Å². The Bertz CT molecular complexity index is 555. The fraction of sp³-hybridized carbons (Fsp3) is 0.385. The lowest BCUT2D eigenvalue weighted by molar-refractivity contribution is -0.122. The van der Waals surface area contributed by atoms with Crippen molar-refractivity contribution in [3.63, 3.8) is 0 Å². The van der Waals surface area contributed by atoms with Crippen molar-refractivity contribution in [1.82, 2.24) is 16.2 Å². The molecular formula is C13H18N4O4S. The predicted octanol–water partition coefficient (Wildman–Crippen LogP) is -0.117. The van der Waals surface area contributed by atoms with Crippen molar-refractivity contribution >= 4 is 29.3 Å². The minimum Gasteiger partial charge on any atom is -0.493 e. The van der Waals surface area contributed by atoms with Gasteiger partial charge < -0.3 is 20.1 Å². The van der Waals surface area contributed by atoms with Crippen LogP contribution in [0.4, 0.5) is 5.69 Å². The second-order valence-electron chi connectivity index (χ2n) is 4.37. The molecule has 0 radical (unpaired) electrons. The van der Waals surface area contributed by atoms with Gasteiger partial charge in [0.15, 0.2) is 11.5 Å². The SMILES string of the molecule is COc1ccc(NC(=O)CSC2NNCC(=O)N2)cc1OC. The summed E-state index contributed by atoms with van der Waals surface area (Å²) in [6.45, 7) is 0.217. The number of carbonyl (C=O) groups excluding carboxylic acids is 2. The summed E-state index contributed by atoms with van der Waals surface area (Å²) in [5, 5.41) is 5.47. The lowest BCUT2D eigenvalue weighted by Crippen LogP contribution is -2.58. The summed E-state index contributed by atoms with van der Waals surface area (Å²) in [4.78, 5) is 23.1. The zero-order valence-electron chi connectivity index (χ0n) is 12.3. The van der Waals surface area contributed by atoms with Gasteiger partial charge in [0, 0.05) is 11.8 Å². The van der Waals surface area contributed by atoms with Gasteiger partial charge in [-0.3, -0.25) is 9.59 Å². The second-order valence-corrected chi connectivity index (χ2v) is 5.47. The third kappa shape index (κ3) is 4.52. The molecule has 22 heavy (non-hydrogen) atoms. The largest absolute Gasteiger partial charge is 0.493 e. The molecule has 0 aromatic heterocycles. The van der Waals surface area contributed by atoms with Gasteiger partial charge in [0.2, 0.25) is 11.8 Å². The van der Waals surface area contributed by atoms with Gasteiger partial charge >= 0.3 is 0 Å². The number of rotatable bonds is 6. The molecule has 2 rings (SSSR count). The number of hydrogen-bond donors (Lipinski definition) is 4. The van der Waals surface area contributed by atoms with E-state index in [1.807, 2.05) is 0 Å². The summed E-state index contributed by atoms with van der Waals surface area (Å²) >= 11 is 1.27. The molecule has 120 valence electrons. The third-order valence-electron chi connectivity index (χ3n) is 2.82. The van der Waals surface area contributed by atoms with Gasteiger partial charge in [0.1, 0.15) is 5.50 Å². The highest BCUT2D eigenvalue weighted by molar-refractivity contribution is 8.00. The Labute approximate surface area is 132 Å². The second kappa shape index (κ2) is 7.87. The maximum atomic E-state index is 11.9. The average Bonchev–Trinajstić information content (AvgIpc) is 2.53. The summed E-state index contributed by atoms with van der Waals surface area (Å²) in [5.74, 6) is 1.03. The van der Waals surface area contributed by atoms with Crippen molar-refractivity contribution in [3.05, 3.63) is 18.2 Å². The number of carbonyl (C=O) groups is 2. The molecule has 0 aliphatic carbocycles. The van der Waals surface area contributed by atoms with E-state index >= 15 is 0 Å². The van der Waals surface area contributed by atoms with Gasteiger partial charge in [-0.2, -0.15) is 0 Å². The molecular weight excluding hydrogens is 308 g/mol. The summed E-state index contributed by atoms with van der Waals surface area (Å²) < 4.78 is 10.3. The molecule has 9 heteroatoms. The van der Waals surface area contributed by atoms with Crippen LogP contribution in [-0.2, 0) is 9.59 Å². The number of thioether (sulfide) groups is 1. The zero-order valence-corrected chi connectivity index (χ0v) is 13.1. The molecule has 0 spiro atoms. The van der Waals surface area contributed by atoms with Gasteiger partial charge in [-0.1, -0.05) is 0 Å². The molecule has 4 N–H and O–H groups in total. The van der Waals surface area contributed by atoms with Crippen LogP contribution in [-0.4, -0.2) is 43.8 Å². The Hall–Kier alpha value is -1.97. The Morgan fingerprint density at radius 1 is 1.36 bits per heavy atom. The molecule has 8 nitrogen and oxygen atoms in total. The number of hydrazine groups is 1. The van der Waals surface area contributed by atoms with E-state index in [1.54, 1.807) is 25.3 Å². The van der Waals surface area contributed by atoms with E-state index in [2.05, 4.69) is 21.5 Å². The van der Waals surface area contributed by atoms with Crippen molar-refractivity contribution in [1.29, 1.82) is 0 Å². The number of hydrogen-bond acceptors (Lipinski definition) is 7. The summed E-state index contributed by atoms with van der Waals surface area (Å²) in [7, 11) is 3.08. The van der Waals surface area contributed by atoms with Crippen LogP contribution in [0.2, 0.25) is 0 Å². The standard InChI is InChI=1S/C13H18N4O4S/c1-20-9-4-3-8(5-10(9)21-2)15-12(19)7-22-13-16-11(18)6-14-17-13/h3-5,13-14,17H,6-7H2,1-2H3,(H,15,19)(H,16,18).